The van der Waals surface area contributed by atoms with Crippen LogP contribution < -0.4 is 4.74 Å². The van der Waals surface area contributed by atoms with E-state index in [4.69, 9.17) is 4.74 Å². The van der Waals surface area contributed by atoms with E-state index in [1.54, 1.807) is 24.3 Å². The summed E-state index contributed by atoms with van der Waals surface area (Å²) in [5.74, 6) is 0.0294. The fourth-order valence-electron chi connectivity index (χ4n) is 0.938. The van der Waals surface area contributed by atoms with Crippen molar-refractivity contribution in [3.8, 4) is 5.75 Å². The number of esters is 1. The summed E-state index contributed by atoms with van der Waals surface area (Å²) in [6, 6.07) is 6.81. The van der Waals surface area contributed by atoms with Gasteiger partial charge in [-0.2, -0.15) is 0 Å². The van der Waals surface area contributed by atoms with Crippen LogP contribution in [0.1, 0.15) is 10.4 Å². The van der Waals surface area contributed by atoms with Crippen LogP contribution in [0.15, 0.2) is 37.1 Å². The second-order valence-electron chi connectivity index (χ2n) is 2.27. The highest BCUT2D eigenvalue weighted by atomic mass is 16.5. The molecule has 0 aliphatic rings. The normalized spacial score (nSPS) is 9.00. The van der Waals surface area contributed by atoms with Gasteiger partial charge in [0.05, 0.1) is 13.4 Å². The lowest BCUT2D eigenvalue weighted by molar-refractivity contribution is 0.0598. The second kappa shape index (κ2) is 4.30. The molecule has 0 aromatic heterocycles. The van der Waals surface area contributed by atoms with Crippen molar-refractivity contribution in [2.24, 2.45) is 0 Å². The molecule has 1 rings (SSSR count). The summed E-state index contributed by atoms with van der Waals surface area (Å²) >= 11 is 0. The predicted molar refractivity (Wildman–Crippen MR) is 48.6 cm³/mol. The van der Waals surface area contributed by atoms with Crippen LogP contribution in [0.2, 0.25) is 0 Å². The van der Waals surface area contributed by atoms with E-state index in [0.29, 0.717) is 11.3 Å². The predicted octanol–water partition coefficient (Wildman–Crippen LogP) is 2.00. The number of hydrogen-bond donors (Lipinski definition) is 0. The van der Waals surface area contributed by atoms with Crippen LogP contribution >= 0.6 is 0 Å². The minimum Gasteiger partial charge on any atom is -0.465 e. The van der Waals surface area contributed by atoms with Crippen molar-refractivity contribution in [2.45, 2.75) is 0 Å². The van der Waals surface area contributed by atoms with Gasteiger partial charge in [0.1, 0.15) is 11.3 Å². The molecule has 0 unspecified atom stereocenters. The van der Waals surface area contributed by atoms with E-state index < -0.39 is 5.97 Å². The van der Waals surface area contributed by atoms with E-state index in [1.807, 2.05) is 0 Å². The molecule has 0 radical (unpaired) electrons. The molecule has 0 atom stereocenters. The Morgan fingerprint density at radius 2 is 2.15 bits per heavy atom. The minimum atomic E-state index is -0.419. The zero-order valence-corrected chi connectivity index (χ0v) is 7.32. The lowest BCUT2D eigenvalue weighted by Gasteiger charge is -2.05. The quantitative estimate of drug-likeness (QED) is 0.524. The third-order valence-electron chi connectivity index (χ3n) is 1.50. The highest BCUT2D eigenvalue weighted by Gasteiger charge is 2.10. The Hall–Kier alpha value is -1.77. The summed E-state index contributed by atoms with van der Waals surface area (Å²) < 4.78 is 9.59. The number of methoxy groups -OCH3 is 1. The van der Waals surface area contributed by atoms with Gasteiger partial charge in [-0.15, -0.1) is 0 Å². The Morgan fingerprint density at radius 3 is 2.77 bits per heavy atom. The van der Waals surface area contributed by atoms with Crippen molar-refractivity contribution in [3.05, 3.63) is 42.7 Å². The zero-order valence-electron chi connectivity index (χ0n) is 7.32. The molecule has 68 valence electrons. The van der Waals surface area contributed by atoms with Crippen LogP contribution in [0.3, 0.4) is 0 Å². The van der Waals surface area contributed by atoms with Gasteiger partial charge >= 0.3 is 5.97 Å². The third-order valence-corrected chi connectivity index (χ3v) is 1.50. The first-order valence-corrected chi connectivity index (χ1v) is 3.74. The van der Waals surface area contributed by atoms with Crippen molar-refractivity contribution in [1.29, 1.82) is 0 Å². The molecule has 1 aromatic rings. The van der Waals surface area contributed by atoms with Crippen molar-refractivity contribution in [3.63, 3.8) is 0 Å². The third kappa shape index (κ3) is 2.08. The lowest BCUT2D eigenvalue weighted by Crippen LogP contribution is -2.02. The van der Waals surface area contributed by atoms with Crippen molar-refractivity contribution in [2.75, 3.05) is 7.11 Å². The molecule has 0 saturated heterocycles. The Labute approximate surface area is 76.6 Å². The first kappa shape index (κ1) is 9.32. The minimum absolute atomic E-state index is 0.393. The summed E-state index contributed by atoms with van der Waals surface area (Å²) in [5, 5.41) is 0. The van der Waals surface area contributed by atoms with Gasteiger partial charge in [-0.25, -0.2) is 4.79 Å². The summed E-state index contributed by atoms with van der Waals surface area (Å²) in [6.45, 7) is 3.41. The molecule has 0 N–H and O–H groups in total. The molecule has 0 saturated carbocycles. The standard InChI is InChI=1S/C10H10O3/c1-3-13-9-7-5-4-6-8(9)10(11)12-2/h3-7H,1H2,2H3. The van der Waals surface area contributed by atoms with Crippen molar-refractivity contribution >= 4 is 5.97 Å². The molecule has 3 heteroatoms. The smallest absolute Gasteiger partial charge is 0.341 e. The lowest BCUT2D eigenvalue weighted by atomic mass is 10.2. The Morgan fingerprint density at radius 1 is 1.46 bits per heavy atom. The number of ether oxygens (including phenoxy) is 2. The topological polar surface area (TPSA) is 35.5 Å². The Bertz CT molecular complexity index is 318. The molecule has 0 heterocycles. The van der Waals surface area contributed by atoms with Crippen LogP contribution in [-0.2, 0) is 4.74 Å². The molecule has 13 heavy (non-hydrogen) atoms. The van der Waals surface area contributed by atoms with Crippen LogP contribution in [0.5, 0.6) is 5.75 Å². The number of rotatable bonds is 3. The average Bonchev–Trinajstić information content (AvgIpc) is 2.18. The molecule has 0 spiro atoms. The fourth-order valence-corrected chi connectivity index (χ4v) is 0.938. The molecular formula is C10H10O3. The van der Waals surface area contributed by atoms with Crippen LogP contribution in [-0.4, -0.2) is 13.1 Å². The SMILES string of the molecule is C=COc1ccccc1C(=O)OC. The molecule has 3 nitrogen and oxygen atoms in total. The number of hydrogen-bond acceptors (Lipinski definition) is 3. The number of carbonyl (C=O) groups is 1. The molecule has 0 fully saturated rings. The van der Waals surface area contributed by atoms with Gasteiger partial charge in [0.25, 0.3) is 0 Å². The molecule has 0 bridgehead atoms. The van der Waals surface area contributed by atoms with Crippen LogP contribution in [0.4, 0.5) is 0 Å². The van der Waals surface area contributed by atoms with Gasteiger partial charge in [-0.05, 0) is 12.1 Å². The highest BCUT2D eigenvalue weighted by molar-refractivity contribution is 5.92. The van der Waals surface area contributed by atoms with Gasteiger partial charge in [-0.1, -0.05) is 18.7 Å². The van der Waals surface area contributed by atoms with Crippen molar-refractivity contribution in [1.82, 2.24) is 0 Å². The zero-order chi connectivity index (χ0) is 9.68. The van der Waals surface area contributed by atoms with Gasteiger partial charge < -0.3 is 9.47 Å². The van der Waals surface area contributed by atoms with Gasteiger partial charge in [0.2, 0.25) is 0 Å². The number of para-hydroxylation sites is 1. The maximum absolute atomic E-state index is 11.2. The molecule has 0 aliphatic carbocycles. The highest BCUT2D eigenvalue weighted by Crippen LogP contribution is 2.18. The second-order valence-corrected chi connectivity index (χ2v) is 2.27. The van der Waals surface area contributed by atoms with E-state index in [2.05, 4.69) is 11.3 Å². The maximum Gasteiger partial charge on any atom is 0.341 e. The summed E-state index contributed by atoms with van der Waals surface area (Å²) in [6.07, 6.45) is 1.27. The van der Waals surface area contributed by atoms with E-state index in [-0.39, 0.29) is 0 Å². The number of benzene rings is 1. The van der Waals surface area contributed by atoms with Crippen LogP contribution in [0.25, 0.3) is 0 Å². The Kier molecular flexibility index (Phi) is 3.09. The summed E-state index contributed by atoms with van der Waals surface area (Å²) in [5.41, 5.74) is 0.393. The van der Waals surface area contributed by atoms with E-state index in [1.165, 1.54) is 13.4 Å². The molecular weight excluding hydrogens is 168 g/mol. The molecule has 0 amide bonds. The van der Waals surface area contributed by atoms with Crippen LogP contribution in [0, 0.1) is 0 Å². The maximum atomic E-state index is 11.2. The number of carbonyl (C=O) groups excluding carboxylic acids is 1. The van der Waals surface area contributed by atoms with E-state index in [9.17, 15) is 4.79 Å². The van der Waals surface area contributed by atoms with Gasteiger partial charge in [-0.3, -0.25) is 0 Å². The first-order chi connectivity index (χ1) is 6.29. The Balaban J connectivity index is 3.03. The van der Waals surface area contributed by atoms with Gasteiger partial charge in [0.15, 0.2) is 0 Å². The summed E-state index contributed by atoms with van der Waals surface area (Å²) in [4.78, 5) is 11.2. The monoisotopic (exact) mass is 178 g/mol. The van der Waals surface area contributed by atoms with E-state index >= 15 is 0 Å². The van der Waals surface area contributed by atoms with Gasteiger partial charge in [0, 0.05) is 0 Å². The average molecular weight is 178 g/mol. The van der Waals surface area contributed by atoms with E-state index in [0.717, 1.165) is 0 Å². The fraction of sp³-hybridized carbons (Fsp3) is 0.100. The molecule has 1 aromatic carbocycles. The molecule has 0 aliphatic heterocycles. The summed E-state index contributed by atoms with van der Waals surface area (Å²) in [7, 11) is 1.33. The largest absolute Gasteiger partial charge is 0.465 e. The van der Waals surface area contributed by atoms with Crippen molar-refractivity contribution < 1.29 is 14.3 Å². The first-order valence-electron chi connectivity index (χ1n) is 3.74.